The minimum Gasteiger partial charge on any atom is -0.497 e. The number of methoxy groups -OCH3 is 1. The minimum atomic E-state index is -3.97. The Hall–Kier alpha value is -5.42. The molecule has 1 aliphatic rings. The van der Waals surface area contributed by atoms with E-state index in [1.165, 1.54) is 56.6 Å². The van der Waals surface area contributed by atoms with Crippen molar-refractivity contribution < 1.29 is 60.8 Å². The molecule has 262 valence electrons. The quantitative estimate of drug-likeness (QED) is 0.194. The number of carbonyl (C=O) groups excluding carboxylic acids is 4. The molecule has 1 aromatic heterocycles. The predicted molar refractivity (Wildman–Crippen MR) is 170 cm³/mol. The van der Waals surface area contributed by atoms with Gasteiger partial charge in [-0.3, -0.25) is 23.9 Å². The third-order valence-corrected chi connectivity index (χ3v) is 8.12. The molecule has 0 aliphatic carbocycles. The van der Waals surface area contributed by atoms with E-state index in [0.29, 0.717) is 11.4 Å². The Bertz CT molecular complexity index is 1750. The van der Waals surface area contributed by atoms with Crippen molar-refractivity contribution in [2.75, 3.05) is 23.8 Å². The van der Waals surface area contributed by atoms with E-state index < -0.39 is 71.2 Å². The van der Waals surface area contributed by atoms with Crippen LogP contribution in [0.3, 0.4) is 0 Å². The summed E-state index contributed by atoms with van der Waals surface area (Å²) in [5.41, 5.74) is 0.661. The van der Waals surface area contributed by atoms with Crippen molar-refractivity contribution in [3.05, 3.63) is 66.9 Å². The molecule has 3 aromatic rings. The zero-order valence-electron chi connectivity index (χ0n) is 27.1. The summed E-state index contributed by atoms with van der Waals surface area (Å²) in [5.74, 6) is -2.05. The first-order chi connectivity index (χ1) is 23.2. The van der Waals surface area contributed by atoms with Gasteiger partial charge in [0.05, 0.1) is 17.7 Å². The standard InChI is InChI=1S/C32H35N3O13S/c1-18(36)43-17-27-28(44-19(2)37)29(45-20(3)38)30(46-21(4)39)32(48-27)47-24-10-8-22(9-11-24)34-31-26(7-6-16-33-31)35-49(40,41)25-14-12-23(42-5)13-15-25/h6-16,27-30,32,35H,17H2,1-5H3,(H,33,34)/t27-,28-,29+,30-,32+/m1/s1. The lowest BCUT2D eigenvalue weighted by atomic mass is 9.98. The smallest absolute Gasteiger partial charge is 0.303 e. The maximum absolute atomic E-state index is 13.0. The van der Waals surface area contributed by atoms with Crippen LogP contribution in [-0.2, 0) is 52.9 Å². The van der Waals surface area contributed by atoms with Crippen molar-refractivity contribution in [2.45, 2.75) is 63.3 Å². The van der Waals surface area contributed by atoms with Gasteiger partial charge in [-0.2, -0.15) is 0 Å². The molecule has 0 amide bonds. The van der Waals surface area contributed by atoms with E-state index in [4.69, 9.17) is 33.2 Å². The highest BCUT2D eigenvalue weighted by Crippen LogP contribution is 2.32. The van der Waals surface area contributed by atoms with Gasteiger partial charge in [-0.05, 0) is 60.7 Å². The Kier molecular flexibility index (Phi) is 12.0. The number of rotatable bonds is 13. The number of anilines is 3. The number of aromatic nitrogens is 1. The Morgan fingerprint density at radius 1 is 0.776 bits per heavy atom. The van der Waals surface area contributed by atoms with Crippen LogP contribution in [0.25, 0.3) is 0 Å². The first kappa shape index (κ1) is 36.4. The van der Waals surface area contributed by atoms with Gasteiger partial charge in [0.2, 0.25) is 12.4 Å². The molecule has 2 heterocycles. The van der Waals surface area contributed by atoms with Gasteiger partial charge < -0.3 is 38.5 Å². The van der Waals surface area contributed by atoms with E-state index in [2.05, 4.69) is 15.0 Å². The molecule has 2 aromatic carbocycles. The first-order valence-corrected chi connectivity index (χ1v) is 16.2. The number of esters is 4. The van der Waals surface area contributed by atoms with Crippen molar-refractivity contribution in [3.63, 3.8) is 0 Å². The topological polar surface area (TPSA) is 204 Å². The monoisotopic (exact) mass is 701 g/mol. The zero-order valence-corrected chi connectivity index (χ0v) is 27.9. The summed E-state index contributed by atoms with van der Waals surface area (Å²) in [6.07, 6.45) is -5.25. The Morgan fingerprint density at radius 2 is 1.37 bits per heavy atom. The molecule has 0 radical (unpaired) electrons. The van der Waals surface area contributed by atoms with E-state index in [-0.39, 0.29) is 22.2 Å². The van der Waals surface area contributed by atoms with Crippen LogP contribution in [0, 0.1) is 0 Å². The van der Waals surface area contributed by atoms with E-state index in [0.717, 1.165) is 20.8 Å². The summed E-state index contributed by atoms with van der Waals surface area (Å²) >= 11 is 0. The largest absolute Gasteiger partial charge is 0.497 e. The minimum absolute atomic E-state index is 0.0202. The van der Waals surface area contributed by atoms with Crippen LogP contribution in [0.4, 0.5) is 17.2 Å². The Labute approximate surface area is 282 Å². The van der Waals surface area contributed by atoms with Crippen LogP contribution in [0.2, 0.25) is 0 Å². The number of pyridine rings is 1. The fraction of sp³-hybridized carbons (Fsp3) is 0.344. The summed E-state index contributed by atoms with van der Waals surface area (Å²) in [7, 11) is -2.49. The number of ether oxygens (including phenoxy) is 7. The maximum Gasteiger partial charge on any atom is 0.303 e. The van der Waals surface area contributed by atoms with Crippen molar-refractivity contribution in [2.24, 2.45) is 0 Å². The summed E-state index contributed by atoms with van der Waals surface area (Å²) in [6, 6.07) is 15.2. The lowest BCUT2D eigenvalue weighted by Gasteiger charge is -2.43. The third-order valence-electron chi connectivity index (χ3n) is 6.74. The fourth-order valence-corrected chi connectivity index (χ4v) is 5.78. The summed E-state index contributed by atoms with van der Waals surface area (Å²) in [6.45, 7) is 4.12. The number of hydrogen-bond donors (Lipinski definition) is 2. The van der Waals surface area contributed by atoms with Crippen molar-refractivity contribution in [1.82, 2.24) is 4.98 Å². The molecule has 17 heteroatoms. The van der Waals surface area contributed by atoms with Gasteiger partial charge in [-0.25, -0.2) is 13.4 Å². The normalized spacial score (nSPS) is 20.2. The third kappa shape index (κ3) is 10.0. The van der Waals surface area contributed by atoms with Crippen LogP contribution in [0.5, 0.6) is 11.5 Å². The second-order valence-electron chi connectivity index (χ2n) is 10.5. The van der Waals surface area contributed by atoms with Crippen LogP contribution >= 0.6 is 0 Å². The van der Waals surface area contributed by atoms with E-state index in [1.807, 2.05) is 0 Å². The second kappa shape index (κ2) is 16.1. The second-order valence-corrected chi connectivity index (χ2v) is 12.2. The average Bonchev–Trinajstić information content (AvgIpc) is 3.04. The summed E-state index contributed by atoms with van der Waals surface area (Å²) in [4.78, 5) is 52.0. The maximum atomic E-state index is 13.0. The van der Waals surface area contributed by atoms with E-state index >= 15 is 0 Å². The molecule has 2 N–H and O–H groups in total. The highest BCUT2D eigenvalue weighted by Gasteiger charge is 2.53. The van der Waals surface area contributed by atoms with Crippen molar-refractivity contribution >= 4 is 51.1 Å². The Morgan fingerprint density at radius 3 is 1.96 bits per heavy atom. The van der Waals surface area contributed by atoms with Crippen LogP contribution in [0.1, 0.15) is 27.7 Å². The number of carbonyl (C=O) groups is 4. The zero-order chi connectivity index (χ0) is 35.7. The SMILES string of the molecule is COc1ccc(S(=O)(=O)Nc2cccnc2Nc2ccc(O[C@H]3O[C@H](COC(C)=O)[C@@H](OC(C)=O)[C@H](OC(C)=O)[C@H]3OC(C)=O)cc2)cc1. The molecule has 0 unspecified atom stereocenters. The number of benzene rings is 2. The number of sulfonamides is 1. The Balaban J connectivity index is 1.55. The molecule has 49 heavy (non-hydrogen) atoms. The van der Waals surface area contributed by atoms with Crippen LogP contribution < -0.4 is 19.5 Å². The number of nitrogens with zero attached hydrogens (tertiary/aromatic N) is 1. The van der Waals surface area contributed by atoms with Gasteiger partial charge >= 0.3 is 23.9 Å². The highest BCUT2D eigenvalue weighted by atomic mass is 32.2. The molecule has 16 nitrogen and oxygen atoms in total. The van der Waals surface area contributed by atoms with E-state index in [9.17, 15) is 27.6 Å². The molecule has 5 atom stereocenters. The van der Waals surface area contributed by atoms with Gasteiger partial charge in [0.15, 0.2) is 18.0 Å². The van der Waals surface area contributed by atoms with Gasteiger partial charge in [0.25, 0.3) is 10.0 Å². The molecule has 0 spiro atoms. The van der Waals surface area contributed by atoms with Gasteiger partial charge in [-0.15, -0.1) is 0 Å². The van der Waals surface area contributed by atoms with E-state index in [1.54, 1.807) is 24.3 Å². The first-order valence-electron chi connectivity index (χ1n) is 14.7. The number of hydrogen-bond acceptors (Lipinski definition) is 15. The van der Waals surface area contributed by atoms with Crippen molar-refractivity contribution in [3.8, 4) is 11.5 Å². The fourth-order valence-electron chi connectivity index (χ4n) is 4.72. The van der Waals surface area contributed by atoms with Gasteiger partial charge in [0, 0.05) is 39.6 Å². The van der Waals surface area contributed by atoms with Gasteiger partial charge in [0.1, 0.15) is 24.2 Å². The number of nitrogens with one attached hydrogen (secondary N) is 2. The molecule has 0 bridgehead atoms. The lowest BCUT2D eigenvalue weighted by molar-refractivity contribution is -0.288. The summed E-state index contributed by atoms with van der Waals surface area (Å²) < 4.78 is 67.0. The van der Waals surface area contributed by atoms with Crippen molar-refractivity contribution in [1.29, 1.82) is 0 Å². The average molecular weight is 702 g/mol. The molecule has 4 rings (SSSR count). The molecular weight excluding hydrogens is 666 g/mol. The highest BCUT2D eigenvalue weighted by molar-refractivity contribution is 7.92. The summed E-state index contributed by atoms with van der Waals surface area (Å²) in [5, 5.41) is 3.05. The molecular formula is C32H35N3O13S. The van der Waals surface area contributed by atoms with Crippen LogP contribution in [0.15, 0.2) is 71.8 Å². The predicted octanol–water partition coefficient (Wildman–Crippen LogP) is 3.10. The molecule has 1 aliphatic heterocycles. The molecule has 1 fully saturated rings. The van der Waals surface area contributed by atoms with Gasteiger partial charge in [-0.1, -0.05) is 0 Å². The molecule has 1 saturated heterocycles. The lowest BCUT2D eigenvalue weighted by Crippen LogP contribution is -2.63. The van der Waals surface area contributed by atoms with Crippen LogP contribution in [-0.4, -0.2) is 81.7 Å². The molecule has 0 saturated carbocycles.